The molecule has 0 aliphatic heterocycles. The van der Waals surface area contributed by atoms with Crippen LogP contribution in [0.4, 0.5) is 0 Å². The smallest absolute Gasteiger partial charge is 0.0591 e. The van der Waals surface area contributed by atoms with Crippen molar-refractivity contribution in [2.75, 3.05) is 19.8 Å². The highest BCUT2D eigenvalue weighted by Gasteiger charge is 2.27. The van der Waals surface area contributed by atoms with Crippen molar-refractivity contribution in [3.8, 4) is 0 Å². The molecule has 0 aromatic rings. The SMILES string of the molecule is CC1(C)CCCC(NCCOCC2CC2)C1. The molecule has 1 N–H and O–H groups in total. The lowest BCUT2D eigenvalue weighted by atomic mass is 9.75. The summed E-state index contributed by atoms with van der Waals surface area (Å²) in [7, 11) is 0. The summed E-state index contributed by atoms with van der Waals surface area (Å²) in [5, 5.41) is 3.65. The van der Waals surface area contributed by atoms with E-state index in [4.69, 9.17) is 4.74 Å². The van der Waals surface area contributed by atoms with E-state index in [0.29, 0.717) is 5.41 Å². The molecule has 2 aliphatic carbocycles. The molecule has 2 saturated carbocycles. The minimum atomic E-state index is 0.546. The largest absolute Gasteiger partial charge is 0.380 e. The molecule has 16 heavy (non-hydrogen) atoms. The van der Waals surface area contributed by atoms with Gasteiger partial charge in [-0.2, -0.15) is 0 Å². The van der Waals surface area contributed by atoms with E-state index in [1.807, 2.05) is 0 Å². The van der Waals surface area contributed by atoms with Crippen LogP contribution in [0.15, 0.2) is 0 Å². The minimum Gasteiger partial charge on any atom is -0.380 e. The molecule has 0 radical (unpaired) electrons. The molecule has 0 saturated heterocycles. The Morgan fingerprint density at radius 2 is 2.06 bits per heavy atom. The van der Waals surface area contributed by atoms with Gasteiger partial charge < -0.3 is 10.1 Å². The third kappa shape index (κ3) is 4.42. The predicted molar refractivity (Wildman–Crippen MR) is 67.6 cm³/mol. The summed E-state index contributed by atoms with van der Waals surface area (Å²) in [5.41, 5.74) is 0.546. The Bertz CT molecular complexity index is 211. The monoisotopic (exact) mass is 225 g/mol. The highest BCUT2D eigenvalue weighted by atomic mass is 16.5. The van der Waals surface area contributed by atoms with Crippen LogP contribution in [0.5, 0.6) is 0 Å². The highest BCUT2D eigenvalue weighted by molar-refractivity contribution is 4.83. The molecule has 2 rings (SSSR count). The number of hydrogen-bond acceptors (Lipinski definition) is 2. The molecule has 0 spiro atoms. The summed E-state index contributed by atoms with van der Waals surface area (Å²) in [6, 6.07) is 0.730. The topological polar surface area (TPSA) is 21.3 Å². The van der Waals surface area contributed by atoms with Gasteiger partial charge in [-0.1, -0.05) is 20.3 Å². The summed E-state index contributed by atoms with van der Waals surface area (Å²) in [6.45, 7) is 7.72. The summed E-state index contributed by atoms with van der Waals surface area (Å²) >= 11 is 0. The zero-order valence-electron chi connectivity index (χ0n) is 10.9. The zero-order chi connectivity index (χ0) is 11.4. The van der Waals surface area contributed by atoms with E-state index in [2.05, 4.69) is 19.2 Å². The van der Waals surface area contributed by atoms with Gasteiger partial charge in [0.1, 0.15) is 0 Å². The van der Waals surface area contributed by atoms with Crippen molar-refractivity contribution < 1.29 is 4.74 Å². The molecule has 0 aromatic heterocycles. The zero-order valence-corrected chi connectivity index (χ0v) is 10.9. The van der Waals surface area contributed by atoms with Gasteiger partial charge >= 0.3 is 0 Å². The molecule has 94 valence electrons. The van der Waals surface area contributed by atoms with Crippen LogP contribution in [0.25, 0.3) is 0 Å². The van der Waals surface area contributed by atoms with Crippen LogP contribution in [0.3, 0.4) is 0 Å². The van der Waals surface area contributed by atoms with Gasteiger partial charge in [0.05, 0.1) is 6.61 Å². The summed E-state index contributed by atoms with van der Waals surface area (Å²) in [4.78, 5) is 0. The van der Waals surface area contributed by atoms with Gasteiger partial charge in [-0.15, -0.1) is 0 Å². The van der Waals surface area contributed by atoms with Crippen LogP contribution >= 0.6 is 0 Å². The lowest BCUT2D eigenvalue weighted by Crippen LogP contribution is -2.38. The maximum absolute atomic E-state index is 5.64. The second kappa shape index (κ2) is 5.50. The molecule has 0 bridgehead atoms. The lowest BCUT2D eigenvalue weighted by molar-refractivity contribution is 0.117. The van der Waals surface area contributed by atoms with Crippen LogP contribution in [0, 0.1) is 11.3 Å². The Labute approximate surface area is 100 Å². The third-order valence-electron chi connectivity index (χ3n) is 3.94. The van der Waals surface area contributed by atoms with Gasteiger partial charge in [-0.25, -0.2) is 0 Å². The molecule has 0 amide bonds. The van der Waals surface area contributed by atoms with Crippen molar-refractivity contribution >= 4 is 0 Å². The number of rotatable bonds is 6. The Balaban J connectivity index is 1.51. The molecular weight excluding hydrogens is 198 g/mol. The fraction of sp³-hybridized carbons (Fsp3) is 1.00. The van der Waals surface area contributed by atoms with Crippen molar-refractivity contribution in [1.29, 1.82) is 0 Å². The molecular formula is C14H27NO. The maximum Gasteiger partial charge on any atom is 0.0591 e. The Morgan fingerprint density at radius 3 is 2.75 bits per heavy atom. The quantitative estimate of drug-likeness (QED) is 0.702. The van der Waals surface area contributed by atoms with Crippen LogP contribution < -0.4 is 5.32 Å². The van der Waals surface area contributed by atoms with E-state index in [-0.39, 0.29) is 0 Å². The lowest BCUT2D eigenvalue weighted by Gasteiger charge is -2.35. The maximum atomic E-state index is 5.64. The molecule has 2 heteroatoms. The summed E-state index contributed by atoms with van der Waals surface area (Å²) < 4.78 is 5.64. The van der Waals surface area contributed by atoms with Crippen molar-refractivity contribution in [1.82, 2.24) is 5.32 Å². The Kier molecular flexibility index (Phi) is 4.26. The summed E-state index contributed by atoms with van der Waals surface area (Å²) in [6.07, 6.45) is 8.24. The van der Waals surface area contributed by atoms with Gasteiger partial charge in [-0.3, -0.25) is 0 Å². The van der Waals surface area contributed by atoms with Gasteiger partial charge in [0.25, 0.3) is 0 Å². The van der Waals surface area contributed by atoms with Crippen LogP contribution in [-0.2, 0) is 4.74 Å². The highest BCUT2D eigenvalue weighted by Crippen LogP contribution is 2.35. The standard InChI is InChI=1S/C14H27NO/c1-14(2)7-3-4-13(10-14)15-8-9-16-11-12-5-6-12/h12-13,15H,3-11H2,1-2H3. The molecule has 1 atom stereocenters. The number of hydrogen-bond donors (Lipinski definition) is 1. The fourth-order valence-electron chi connectivity index (χ4n) is 2.74. The van der Waals surface area contributed by atoms with Crippen LogP contribution in [0.2, 0.25) is 0 Å². The second-order valence-electron chi connectivity index (χ2n) is 6.43. The summed E-state index contributed by atoms with van der Waals surface area (Å²) in [5.74, 6) is 0.897. The number of nitrogens with one attached hydrogen (secondary N) is 1. The first-order chi connectivity index (χ1) is 7.66. The predicted octanol–water partition coefficient (Wildman–Crippen LogP) is 2.97. The third-order valence-corrected chi connectivity index (χ3v) is 3.94. The van der Waals surface area contributed by atoms with E-state index in [0.717, 1.165) is 31.7 Å². The van der Waals surface area contributed by atoms with Gasteiger partial charge in [-0.05, 0) is 43.4 Å². The fourth-order valence-corrected chi connectivity index (χ4v) is 2.74. The first-order valence-corrected chi connectivity index (χ1v) is 6.97. The normalized spacial score (nSPS) is 29.2. The second-order valence-corrected chi connectivity index (χ2v) is 6.43. The molecule has 1 unspecified atom stereocenters. The molecule has 0 heterocycles. The van der Waals surface area contributed by atoms with Crippen LogP contribution in [0.1, 0.15) is 52.4 Å². The van der Waals surface area contributed by atoms with E-state index in [1.54, 1.807) is 0 Å². The first-order valence-electron chi connectivity index (χ1n) is 6.97. The van der Waals surface area contributed by atoms with Crippen molar-refractivity contribution in [3.05, 3.63) is 0 Å². The number of ether oxygens (including phenoxy) is 1. The van der Waals surface area contributed by atoms with E-state index in [9.17, 15) is 0 Å². The Hall–Kier alpha value is -0.0800. The first kappa shape index (κ1) is 12.4. The van der Waals surface area contributed by atoms with Gasteiger partial charge in [0.2, 0.25) is 0 Å². The van der Waals surface area contributed by atoms with Gasteiger partial charge in [0.15, 0.2) is 0 Å². The van der Waals surface area contributed by atoms with E-state index >= 15 is 0 Å². The molecule has 2 fully saturated rings. The van der Waals surface area contributed by atoms with E-state index in [1.165, 1.54) is 38.5 Å². The van der Waals surface area contributed by atoms with Crippen LogP contribution in [-0.4, -0.2) is 25.8 Å². The Morgan fingerprint density at radius 1 is 1.25 bits per heavy atom. The van der Waals surface area contributed by atoms with Gasteiger partial charge in [0, 0.05) is 19.2 Å². The average molecular weight is 225 g/mol. The molecule has 2 aliphatic rings. The van der Waals surface area contributed by atoms with E-state index < -0.39 is 0 Å². The van der Waals surface area contributed by atoms with Crippen molar-refractivity contribution in [2.45, 2.75) is 58.4 Å². The molecule has 0 aromatic carbocycles. The minimum absolute atomic E-state index is 0.546. The van der Waals surface area contributed by atoms with Crippen molar-refractivity contribution in [3.63, 3.8) is 0 Å². The van der Waals surface area contributed by atoms with Crippen molar-refractivity contribution in [2.24, 2.45) is 11.3 Å². The average Bonchev–Trinajstić information content (AvgIpc) is 2.99. The molecule has 2 nitrogen and oxygen atoms in total.